The number of ether oxygens (including phenoxy) is 1. The number of methoxy groups -OCH3 is 1. The minimum absolute atomic E-state index is 0.103. The molecule has 3 aromatic carbocycles. The summed E-state index contributed by atoms with van der Waals surface area (Å²) in [7, 11) is 1.63. The maximum Gasteiger partial charge on any atom is 0.146 e. The van der Waals surface area contributed by atoms with Crippen molar-refractivity contribution in [1.29, 1.82) is 0 Å². The van der Waals surface area contributed by atoms with Gasteiger partial charge in [0.05, 0.1) is 18.2 Å². The van der Waals surface area contributed by atoms with Gasteiger partial charge >= 0.3 is 0 Å². The maximum atomic E-state index is 14.6. The molecule has 0 aliphatic heterocycles. The van der Waals surface area contributed by atoms with E-state index >= 15 is 0 Å². The van der Waals surface area contributed by atoms with Crippen LogP contribution in [-0.2, 0) is 12.0 Å². The largest absolute Gasteiger partial charge is 0.494 e. The normalized spacial score (nSPS) is 11.8. The van der Waals surface area contributed by atoms with Crippen LogP contribution in [0.15, 0.2) is 66.7 Å². The van der Waals surface area contributed by atoms with Crippen LogP contribution in [0.25, 0.3) is 22.4 Å². The molecule has 0 amide bonds. The highest BCUT2D eigenvalue weighted by Gasteiger charge is 2.19. The van der Waals surface area contributed by atoms with Crippen molar-refractivity contribution in [3.05, 3.63) is 83.7 Å². The number of para-hydroxylation sites is 1. The van der Waals surface area contributed by atoms with E-state index in [9.17, 15) is 4.39 Å². The van der Waals surface area contributed by atoms with Crippen LogP contribution in [0.2, 0.25) is 0 Å². The van der Waals surface area contributed by atoms with E-state index in [-0.39, 0.29) is 11.2 Å². The van der Waals surface area contributed by atoms with E-state index < -0.39 is 0 Å². The molecular weight excluding hydrogens is 363 g/mol. The van der Waals surface area contributed by atoms with Gasteiger partial charge in [-0.3, -0.25) is 0 Å². The summed E-state index contributed by atoms with van der Waals surface area (Å²) in [5.41, 5.74) is 4.66. The zero-order valence-electron chi connectivity index (χ0n) is 17.2. The Balaban J connectivity index is 1.86. The Morgan fingerprint density at radius 1 is 0.931 bits per heavy atom. The predicted molar refractivity (Wildman–Crippen MR) is 116 cm³/mol. The minimum Gasteiger partial charge on any atom is -0.494 e. The molecule has 1 heterocycles. The van der Waals surface area contributed by atoms with Gasteiger partial charge in [-0.25, -0.2) is 9.37 Å². The van der Waals surface area contributed by atoms with Crippen molar-refractivity contribution >= 4 is 11.0 Å². The van der Waals surface area contributed by atoms with Gasteiger partial charge < -0.3 is 9.30 Å². The standard InChI is InChI=1S/C25H25FN2O/c1-25(2,3)18-14-12-17(13-15-18)16-28-21-10-7-11-22(29-4)23(21)27-24(28)19-8-5-6-9-20(19)26/h5-15H,16H2,1-4H3. The fourth-order valence-electron chi connectivity index (χ4n) is 3.59. The highest BCUT2D eigenvalue weighted by molar-refractivity contribution is 5.86. The van der Waals surface area contributed by atoms with Gasteiger partial charge in [0.25, 0.3) is 0 Å². The molecule has 0 fully saturated rings. The summed E-state index contributed by atoms with van der Waals surface area (Å²) in [5.74, 6) is 0.996. The molecule has 4 aromatic rings. The van der Waals surface area contributed by atoms with Gasteiger partial charge in [0.2, 0.25) is 0 Å². The number of benzene rings is 3. The van der Waals surface area contributed by atoms with Gasteiger partial charge in [-0.2, -0.15) is 0 Å². The van der Waals surface area contributed by atoms with Crippen LogP contribution in [-0.4, -0.2) is 16.7 Å². The summed E-state index contributed by atoms with van der Waals surface area (Å²) in [4.78, 5) is 4.77. The lowest BCUT2D eigenvalue weighted by atomic mass is 9.87. The lowest BCUT2D eigenvalue weighted by Crippen LogP contribution is -2.11. The highest BCUT2D eigenvalue weighted by atomic mass is 19.1. The second-order valence-corrected chi connectivity index (χ2v) is 8.28. The Bertz CT molecular complexity index is 1150. The topological polar surface area (TPSA) is 27.1 Å². The Morgan fingerprint density at radius 3 is 2.31 bits per heavy atom. The number of fused-ring (bicyclic) bond motifs is 1. The van der Waals surface area contributed by atoms with Crippen LogP contribution in [0.1, 0.15) is 31.9 Å². The van der Waals surface area contributed by atoms with E-state index in [2.05, 4.69) is 49.6 Å². The summed E-state index contributed by atoms with van der Waals surface area (Å²) >= 11 is 0. The lowest BCUT2D eigenvalue weighted by Gasteiger charge is -2.19. The van der Waals surface area contributed by atoms with Crippen LogP contribution in [0.5, 0.6) is 5.75 Å². The molecule has 0 atom stereocenters. The van der Waals surface area contributed by atoms with Gasteiger partial charge in [-0.05, 0) is 40.8 Å². The fourth-order valence-corrected chi connectivity index (χ4v) is 3.59. The first-order chi connectivity index (χ1) is 13.9. The first-order valence-corrected chi connectivity index (χ1v) is 9.76. The van der Waals surface area contributed by atoms with E-state index in [0.717, 1.165) is 16.6 Å². The molecule has 0 saturated heterocycles. The third-order valence-electron chi connectivity index (χ3n) is 5.24. The molecule has 3 nitrogen and oxygen atoms in total. The number of nitrogens with zero attached hydrogens (tertiary/aromatic N) is 2. The quantitative estimate of drug-likeness (QED) is 0.416. The Morgan fingerprint density at radius 2 is 1.66 bits per heavy atom. The second-order valence-electron chi connectivity index (χ2n) is 8.28. The van der Waals surface area contributed by atoms with Crippen LogP contribution in [0, 0.1) is 5.82 Å². The summed E-state index contributed by atoms with van der Waals surface area (Å²) in [6.45, 7) is 7.20. The van der Waals surface area contributed by atoms with E-state index in [1.165, 1.54) is 11.6 Å². The molecule has 4 heteroatoms. The van der Waals surface area contributed by atoms with Crippen molar-refractivity contribution in [2.75, 3.05) is 7.11 Å². The Kier molecular flexibility index (Phi) is 4.87. The van der Waals surface area contributed by atoms with E-state index in [1.807, 2.05) is 24.3 Å². The smallest absolute Gasteiger partial charge is 0.146 e. The second kappa shape index (κ2) is 7.36. The van der Waals surface area contributed by atoms with Gasteiger partial charge in [0, 0.05) is 6.54 Å². The summed E-state index contributed by atoms with van der Waals surface area (Å²) in [5, 5.41) is 0. The Labute approximate surface area is 170 Å². The number of rotatable bonds is 4. The molecule has 0 saturated carbocycles. The summed E-state index contributed by atoms with van der Waals surface area (Å²) < 4.78 is 22.2. The zero-order valence-corrected chi connectivity index (χ0v) is 17.2. The average Bonchev–Trinajstić information content (AvgIpc) is 3.06. The van der Waals surface area contributed by atoms with Crippen molar-refractivity contribution in [2.45, 2.75) is 32.7 Å². The van der Waals surface area contributed by atoms with Crippen molar-refractivity contribution in [1.82, 2.24) is 9.55 Å². The van der Waals surface area contributed by atoms with Gasteiger partial charge in [-0.15, -0.1) is 0 Å². The van der Waals surface area contributed by atoms with Crippen molar-refractivity contribution < 1.29 is 9.13 Å². The zero-order chi connectivity index (χ0) is 20.6. The SMILES string of the molecule is COc1cccc2c1nc(-c1ccccc1F)n2Cc1ccc(C(C)(C)C)cc1. The summed E-state index contributed by atoms with van der Waals surface area (Å²) in [6, 6.07) is 21.2. The molecule has 0 bridgehead atoms. The molecular formula is C25H25FN2O. The molecule has 0 aliphatic rings. The first kappa shape index (κ1) is 19.2. The molecule has 0 N–H and O–H groups in total. The first-order valence-electron chi connectivity index (χ1n) is 9.76. The number of hydrogen-bond acceptors (Lipinski definition) is 2. The average molecular weight is 388 g/mol. The fraction of sp³-hybridized carbons (Fsp3) is 0.240. The van der Waals surface area contributed by atoms with E-state index in [1.54, 1.807) is 19.2 Å². The van der Waals surface area contributed by atoms with Gasteiger partial charge in [0.15, 0.2) is 0 Å². The number of imidazole rings is 1. The number of hydrogen-bond donors (Lipinski definition) is 0. The van der Waals surface area contributed by atoms with Crippen LogP contribution >= 0.6 is 0 Å². The van der Waals surface area contributed by atoms with Crippen molar-refractivity contribution in [3.8, 4) is 17.1 Å². The summed E-state index contributed by atoms with van der Waals surface area (Å²) in [6.07, 6.45) is 0. The third kappa shape index (κ3) is 3.63. The van der Waals surface area contributed by atoms with Crippen molar-refractivity contribution in [3.63, 3.8) is 0 Å². The maximum absolute atomic E-state index is 14.6. The lowest BCUT2D eigenvalue weighted by molar-refractivity contribution is 0.419. The third-order valence-corrected chi connectivity index (χ3v) is 5.24. The molecule has 1 aromatic heterocycles. The molecule has 0 aliphatic carbocycles. The van der Waals surface area contributed by atoms with Crippen LogP contribution < -0.4 is 4.74 Å². The van der Waals surface area contributed by atoms with Crippen LogP contribution in [0.4, 0.5) is 4.39 Å². The Hall–Kier alpha value is -3.14. The van der Waals surface area contributed by atoms with Gasteiger partial charge in [-0.1, -0.05) is 63.2 Å². The molecule has 29 heavy (non-hydrogen) atoms. The van der Waals surface area contributed by atoms with Crippen molar-refractivity contribution in [2.24, 2.45) is 0 Å². The van der Waals surface area contributed by atoms with Crippen LogP contribution in [0.3, 0.4) is 0 Å². The molecule has 148 valence electrons. The highest BCUT2D eigenvalue weighted by Crippen LogP contribution is 2.32. The van der Waals surface area contributed by atoms with E-state index in [4.69, 9.17) is 9.72 Å². The predicted octanol–water partition coefficient (Wildman–Crippen LogP) is 6.20. The monoisotopic (exact) mass is 388 g/mol. The number of aromatic nitrogens is 2. The number of halogens is 1. The molecule has 0 spiro atoms. The van der Waals surface area contributed by atoms with Gasteiger partial charge in [0.1, 0.15) is 22.9 Å². The molecule has 4 rings (SSSR count). The minimum atomic E-state index is -0.286. The van der Waals surface area contributed by atoms with E-state index in [0.29, 0.717) is 23.7 Å². The molecule has 0 radical (unpaired) electrons. The molecule has 0 unspecified atom stereocenters.